The summed E-state index contributed by atoms with van der Waals surface area (Å²) >= 11 is 0. The molecule has 0 heterocycles. The fraction of sp³-hybridized carbons (Fsp3) is 0.500. The highest BCUT2D eigenvalue weighted by Gasteiger charge is 2.00. The number of likely N-dealkylation sites (N-methyl/N-ethyl adjacent to an activating group) is 2. The van der Waals surface area contributed by atoms with Crippen LogP contribution in [0.25, 0.3) is 0 Å². The molecule has 1 aromatic carbocycles. The largest absolute Gasteiger partial charge is 0.481 e. The normalized spacial score (nSPS) is 8.90. The maximum absolute atomic E-state index is 10.5. The van der Waals surface area contributed by atoms with Crippen molar-refractivity contribution in [1.29, 1.82) is 0 Å². The van der Waals surface area contributed by atoms with E-state index in [9.17, 15) is 4.79 Å². The number of rotatable bonds is 5. The van der Waals surface area contributed by atoms with Crippen molar-refractivity contribution < 1.29 is 14.7 Å². The van der Waals surface area contributed by atoms with E-state index in [2.05, 4.69) is 30.9 Å². The van der Waals surface area contributed by atoms with Crippen LogP contribution in [-0.2, 0) is 4.79 Å². The molecule has 0 aliphatic carbocycles. The second kappa shape index (κ2) is 13.1. The number of carboxylic acids is 1. The van der Waals surface area contributed by atoms with Crippen LogP contribution >= 0.6 is 0 Å². The zero-order valence-corrected chi connectivity index (χ0v) is 14.0. The van der Waals surface area contributed by atoms with E-state index in [1.54, 1.807) is 0 Å². The Morgan fingerprint density at radius 2 is 1.52 bits per heavy atom. The highest BCUT2D eigenvalue weighted by atomic mass is 16.4. The van der Waals surface area contributed by atoms with Gasteiger partial charge >= 0.3 is 0 Å². The third-order valence-electron chi connectivity index (χ3n) is 2.35. The first-order valence-electron chi connectivity index (χ1n) is 6.97. The Balaban J connectivity index is 0. The molecule has 0 aliphatic rings. The molecule has 0 bridgehead atoms. The monoisotopic (exact) mass is 296 g/mol. The average Bonchev–Trinajstić information content (AvgIpc) is 2.46. The number of carbonyl (C=O) groups is 2. The molecule has 120 valence electrons. The van der Waals surface area contributed by atoms with E-state index in [1.165, 1.54) is 0 Å². The SMILES string of the molecule is CC.CC(=O)O.CN(C)CCN(C)c1ccc(C=O)cc1. The van der Waals surface area contributed by atoms with E-state index >= 15 is 0 Å². The van der Waals surface area contributed by atoms with E-state index in [0.29, 0.717) is 0 Å². The van der Waals surface area contributed by atoms with Gasteiger partial charge in [0.1, 0.15) is 6.29 Å². The summed E-state index contributed by atoms with van der Waals surface area (Å²) in [6.45, 7) is 7.08. The summed E-state index contributed by atoms with van der Waals surface area (Å²) in [5.74, 6) is -0.833. The van der Waals surface area contributed by atoms with Gasteiger partial charge in [0, 0.05) is 38.3 Å². The van der Waals surface area contributed by atoms with Gasteiger partial charge in [0.05, 0.1) is 0 Å². The van der Waals surface area contributed by atoms with Crippen LogP contribution in [0.15, 0.2) is 24.3 Å². The smallest absolute Gasteiger partial charge is 0.300 e. The molecule has 0 atom stereocenters. The number of hydrogen-bond donors (Lipinski definition) is 1. The second-order valence-electron chi connectivity index (χ2n) is 4.45. The van der Waals surface area contributed by atoms with Gasteiger partial charge in [-0.1, -0.05) is 13.8 Å². The first-order valence-corrected chi connectivity index (χ1v) is 6.97. The predicted octanol–water partition coefficient (Wildman–Crippen LogP) is 2.61. The molecule has 1 rings (SSSR count). The molecule has 0 aliphatic heterocycles. The van der Waals surface area contributed by atoms with E-state index < -0.39 is 5.97 Å². The molecule has 0 unspecified atom stereocenters. The van der Waals surface area contributed by atoms with Crippen LogP contribution in [0.1, 0.15) is 31.1 Å². The van der Waals surface area contributed by atoms with Gasteiger partial charge in [-0.2, -0.15) is 0 Å². The van der Waals surface area contributed by atoms with Crippen molar-refractivity contribution in [2.24, 2.45) is 0 Å². The van der Waals surface area contributed by atoms with Crippen LogP contribution in [0.2, 0.25) is 0 Å². The molecule has 1 N–H and O–H groups in total. The Hall–Kier alpha value is -1.88. The summed E-state index contributed by atoms with van der Waals surface area (Å²) in [7, 11) is 6.17. The fourth-order valence-electron chi connectivity index (χ4n) is 1.29. The van der Waals surface area contributed by atoms with Crippen LogP contribution in [0.4, 0.5) is 5.69 Å². The molecular formula is C16H28N2O3. The number of aliphatic carboxylic acids is 1. The Labute approximate surface area is 128 Å². The number of aldehydes is 1. The Kier molecular flexibility index (Phi) is 13.4. The average molecular weight is 296 g/mol. The van der Waals surface area contributed by atoms with Gasteiger partial charge in [-0.05, 0) is 38.4 Å². The van der Waals surface area contributed by atoms with Gasteiger partial charge in [0.25, 0.3) is 5.97 Å². The summed E-state index contributed by atoms with van der Waals surface area (Å²) in [6.07, 6.45) is 0.865. The third-order valence-corrected chi connectivity index (χ3v) is 2.35. The minimum Gasteiger partial charge on any atom is -0.481 e. The van der Waals surface area contributed by atoms with Crippen molar-refractivity contribution in [1.82, 2.24) is 4.90 Å². The van der Waals surface area contributed by atoms with E-state index in [4.69, 9.17) is 9.90 Å². The summed E-state index contributed by atoms with van der Waals surface area (Å²) in [4.78, 5) is 23.8. The van der Waals surface area contributed by atoms with Crippen molar-refractivity contribution in [3.63, 3.8) is 0 Å². The first kappa shape index (κ1) is 21.4. The molecule has 5 nitrogen and oxygen atoms in total. The molecule has 0 radical (unpaired) electrons. The number of nitrogens with zero attached hydrogens (tertiary/aromatic N) is 2. The van der Waals surface area contributed by atoms with Crippen LogP contribution in [0.5, 0.6) is 0 Å². The maximum Gasteiger partial charge on any atom is 0.300 e. The van der Waals surface area contributed by atoms with Crippen molar-refractivity contribution in [2.45, 2.75) is 20.8 Å². The van der Waals surface area contributed by atoms with Crippen LogP contribution < -0.4 is 4.90 Å². The van der Waals surface area contributed by atoms with E-state index in [-0.39, 0.29) is 0 Å². The molecule has 0 spiro atoms. The molecule has 0 amide bonds. The number of benzene rings is 1. The first-order chi connectivity index (χ1) is 9.86. The number of carboxylic acid groups (broad SMARTS) is 1. The van der Waals surface area contributed by atoms with Gasteiger partial charge < -0.3 is 14.9 Å². The van der Waals surface area contributed by atoms with Crippen molar-refractivity contribution in [3.05, 3.63) is 29.8 Å². The highest BCUT2D eigenvalue weighted by molar-refractivity contribution is 5.75. The lowest BCUT2D eigenvalue weighted by molar-refractivity contribution is -0.134. The number of anilines is 1. The summed E-state index contributed by atoms with van der Waals surface area (Å²) in [5.41, 5.74) is 1.86. The summed E-state index contributed by atoms with van der Waals surface area (Å²) < 4.78 is 0. The standard InChI is InChI=1S/C12H18N2O.C2H4O2.C2H6/c1-13(2)8-9-14(3)12-6-4-11(10-15)5-7-12;1-2(3)4;1-2/h4-7,10H,8-9H2,1-3H3;1H3,(H,3,4);1-2H3. The van der Waals surface area contributed by atoms with Gasteiger partial charge in [0.2, 0.25) is 0 Å². The second-order valence-corrected chi connectivity index (χ2v) is 4.45. The minimum absolute atomic E-state index is 0.722. The molecule has 5 heteroatoms. The van der Waals surface area contributed by atoms with Crippen molar-refractivity contribution in [2.75, 3.05) is 39.1 Å². The van der Waals surface area contributed by atoms with Gasteiger partial charge in [-0.3, -0.25) is 9.59 Å². The Morgan fingerprint density at radius 1 is 1.10 bits per heavy atom. The fourth-order valence-corrected chi connectivity index (χ4v) is 1.29. The summed E-state index contributed by atoms with van der Waals surface area (Å²) in [5, 5.41) is 7.42. The lowest BCUT2D eigenvalue weighted by Gasteiger charge is -2.21. The predicted molar refractivity (Wildman–Crippen MR) is 88.3 cm³/mol. The Morgan fingerprint density at radius 3 is 1.86 bits per heavy atom. The van der Waals surface area contributed by atoms with Crippen molar-refractivity contribution in [3.8, 4) is 0 Å². The van der Waals surface area contributed by atoms with Crippen LogP contribution in [0.3, 0.4) is 0 Å². The molecular weight excluding hydrogens is 268 g/mol. The molecule has 21 heavy (non-hydrogen) atoms. The highest BCUT2D eigenvalue weighted by Crippen LogP contribution is 2.12. The van der Waals surface area contributed by atoms with Crippen LogP contribution in [0, 0.1) is 0 Å². The van der Waals surface area contributed by atoms with E-state index in [0.717, 1.165) is 37.6 Å². The molecule has 0 aromatic heterocycles. The maximum atomic E-state index is 10.5. The number of hydrogen-bond acceptors (Lipinski definition) is 4. The van der Waals surface area contributed by atoms with Gasteiger partial charge in [-0.25, -0.2) is 0 Å². The van der Waals surface area contributed by atoms with Crippen molar-refractivity contribution >= 4 is 17.9 Å². The minimum atomic E-state index is -0.833. The molecule has 0 saturated heterocycles. The van der Waals surface area contributed by atoms with Crippen LogP contribution in [-0.4, -0.2) is 56.5 Å². The summed E-state index contributed by atoms with van der Waals surface area (Å²) in [6, 6.07) is 7.63. The molecule has 0 fully saturated rings. The van der Waals surface area contributed by atoms with Gasteiger partial charge in [0.15, 0.2) is 0 Å². The third kappa shape index (κ3) is 12.9. The quantitative estimate of drug-likeness (QED) is 0.846. The Bertz CT molecular complexity index is 385. The molecule has 0 saturated carbocycles. The molecule has 1 aromatic rings. The topological polar surface area (TPSA) is 60.9 Å². The lowest BCUT2D eigenvalue weighted by atomic mass is 10.2. The zero-order chi connectivity index (χ0) is 16.8. The van der Waals surface area contributed by atoms with Gasteiger partial charge in [-0.15, -0.1) is 0 Å². The lowest BCUT2D eigenvalue weighted by Crippen LogP contribution is -2.28. The van der Waals surface area contributed by atoms with E-state index in [1.807, 2.05) is 38.1 Å². The number of carbonyl (C=O) groups excluding carboxylic acids is 1. The zero-order valence-electron chi connectivity index (χ0n) is 14.0.